The van der Waals surface area contributed by atoms with Crippen molar-refractivity contribution in [2.45, 2.75) is 0 Å². The molecular formula is C28H16ClO2P. The lowest BCUT2D eigenvalue weighted by atomic mass is 9.92. The predicted molar refractivity (Wildman–Crippen MR) is 138 cm³/mol. The largest absolute Gasteiger partial charge is 0.407 e. The molecule has 0 saturated carbocycles. The zero-order valence-electron chi connectivity index (χ0n) is 16.9. The molecular weight excluding hydrogens is 435 g/mol. The summed E-state index contributed by atoms with van der Waals surface area (Å²) in [4.78, 5) is 0. The third-order valence-corrected chi connectivity index (χ3v) is 7.41. The summed E-state index contributed by atoms with van der Waals surface area (Å²) in [6.45, 7) is 0. The van der Waals surface area contributed by atoms with Crippen molar-refractivity contribution in [3.05, 3.63) is 97.1 Å². The van der Waals surface area contributed by atoms with E-state index in [-0.39, 0.29) is 0 Å². The van der Waals surface area contributed by atoms with Gasteiger partial charge in [0.05, 0.1) is 0 Å². The summed E-state index contributed by atoms with van der Waals surface area (Å²) in [5, 5.41) is 11.1. The lowest BCUT2D eigenvalue weighted by molar-refractivity contribution is 0.660. The van der Waals surface area contributed by atoms with Crippen LogP contribution < -0.4 is 0 Å². The van der Waals surface area contributed by atoms with E-state index in [0.29, 0.717) is 0 Å². The summed E-state index contributed by atoms with van der Waals surface area (Å²) in [5.74, 6) is 0. The van der Waals surface area contributed by atoms with Gasteiger partial charge in [-0.15, -0.1) is 0 Å². The number of hydrogen-bond donors (Lipinski definition) is 0. The van der Waals surface area contributed by atoms with E-state index >= 15 is 0 Å². The van der Waals surface area contributed by atoms with Gasteiger partial charge in [-0.1, -0.05) is 97.1 Å². The second-order valence-corrected chi connectivity index (χ2v) is 9.60. The van der Waals surface area contributed by atoms with E-state index in [0.717, 1.165) is 54.3 Å². The zero-order valence-corrected chi connectivity index (χ0v) is 18.5. The highest BCUT2D eigenvalue weighted by Crippen LogP contribution is 2.47. The first-order valence-corrected chi connectivity index (χ1v) is 12.6. The van der Waals surface area contributed by atoms with E-state index in [1.807, 2.05) is 12.1 Å². The van der Waals surface area contributed by atoms with E-state index in [1.165, 1.54) is 10.8 Å². The third-order valence-electron chi connectivity index (χ3n) is 6.35. The van der Waals surface area contributed by atoms with Crippen LogP contribution in [0.2, 0.25) is 0 Å². The summed E-state index contributed by atoms with van der Waals surface area (Å²) in [7, 11) is -1.68. The van der Waals surface area contributed by atoms with Crippen LogP contribution >= 0.6 is 18.6 Å². The molecule has 0 fully saturated rings. The van der Waals surface area contributed by atoms with Crippen molar-refractivity contribution in [3.8, 4) is 0 Å². The molecule has 0 spiro atoms. The summed E-state index contributed by atoms with van der Waals surface area (Å²) in [6.07, 6.45) is 0. The Bertz CT molecular complexity index is 1770. The average molecular weight is 451 g/mol. The van der Waals surface area contributed by atoms with Crippen LogP contribution in [-0.2, 0) is 0 Å². The summed E-state index contributed by atoms with van der Waals surface area (Å²) >= 11 is 6.70. The molecule has 0 radical (unpaired) electrons. The van der Waals surface area contributed by atoms with Gasteiger partial charge in [-0.05, 0) is 32.3 Å². The molecule has 0 aliphatic heterocycles. The highest BCUT2D eigenvalue weighted by atomic mass is 35.7. The average Bonchev–Trinajstić information content (AvgIpc) is 3.01. The van der Waals surface area contributed by atoms with Gasteiger partial charge in [0.25, 0.3) is 0 Å². The molecule has 0 saturated heterocycles. The van der Waals surface area contributed by atoms with Crippen LogP contribution in [0.3, 0.4) is 0 Å². The summed E-state index contributed by atoms with van der Waals surface area (Å²) in [6, 6.07) is 33.7. The van der Waals surface area contributed by atoms with Gasteiger partial charge in [0.1, 0.15) is 0 Å². The first-order chi connectivity index (χ1) is 15.8. The molecule has 7 aromatic rings. The van der Waals surface area contributed by atoms with Gasteiger partial charge in [0.15, 0.2) is 11.2 Å². The van der Waals surface area contributed by atoms with E-state index in [9.17, 15) is 0 Å². The molecule has 1 heterocycles. The molecule has 2 nitrogen and oxygen atoms in total. The first kappa shape index (κ1) is 18.2. The van der Waals surface area contributed by atoms with Gasteiger partial charge < -0.3 is 8.39 Å². The van der Waals surface area contributed by atoms with Gasteiger partial charge in [-0.3, -0.25) is 0 Å². The standard InChI is InChI=1S/C28H16ClO2P/c29-32-30-27-23-15-7-3-11-19(23)17-9-1-5-13-21(17)25(27)26-22-14-6-2-10-18(22)20-12-4-8-16-24(20)28(26)31-32/h1-16H. The minimum atomic E-state index is -1.68. The molecule has 0 bridgehead atoms. The van der Waals surface area contributed by atoms with Crippen LogP contribution in [0.25, 0.3) is 65.0 Å². The lowest BCUT2D eigenvalue weighted by Crippen LogP contribution is -1.85. The molecule has 0 amide bonds. The molecule has 4 heteroatoms. The molecule has 0 atom stereocenters. The molecule has 0 aliphatic rings. The quantitative estimate of drug-likeness (QED) is 0.215. The highest BCUT2D eigenvalue weighted by Gasteiger charge is 2.18. The van der Waals surface area contributed by atoms with Crippen molar-refractivity contribution in [1.29, 1.82) is 0 Å². The van der Waals surface area contributed by atoms with Crippen LogP contribution in [-0.4, -0.2) is 0 Å². The topological polar surface area (TPSA) is 26.3 Å². The van der Waals surface area contributed by atoms with Crippen molar-refractivity contribution >= 4 is 83.6 Å². The van der Waals surface area contributed by atoms with E-state index < -0.39 is 7.37 Å². The van der Waals surface area contributed by atoms with Gasteiger partial charge in [0.2, 0.25) is 0 Å². The summed E-state index contributed by atoms with van der Waals surface area (Å²) in [5.41, 5.74) is 1.58. The number of halogens is 1. The third kappa shape index (κ3) is 2.42. The van der Waals surface area contributed by atoms with Gasteiger partial charge >= 0.3 is 7.37 Å². The molecule has 6 aromatic carbocycles. The van der Waals surface area contributed by atoms with Crippen LogP contribution in [0, 0.1) is 0 Å². The fourth-order valence-electron chi connectivity index (χ4n) is 5.07. The molecule has 1 aromatic heterocycles. The summed E-state index contributed by atoms with van der Waals surface area (Å²) < 4.78 is 12.7. The van der Waals surface area contributed by atoms with Crippen LogP contribution in [0.15, 0.2) is 105 Å². The zero-order chi connectivity index (χ0) is 21.2. The SMILES string of the molecule is Clp1oc2c3ccccc3c3ccccc3c2c2c3ccccc3c3ccccc3c2o1. The van der Waals surface area contributed by atoms with Gasteiger partial charge in [-0.2, -0.15) is 0 Å². The Morgan fingerprint density at radius 3 is 1.06 bits per heavy atom. The Hall–Kier alpha value is -3.45. The maximum atomic E-state index is 6.70. The Labute approximate surface area is 189 Å². The number of fused-ring (bicyclic) bond motifs is 13. The van der Waals surface area contributed by atoms with Gasteiger partial charge in [-0.25, -0.2) is 0 Å². The predicted octanol–water partition coefficient (Wildman–Crippen LogP) is 9.90. The van der Waals surface area contributed by atoms with Crippen LogP contribution in [0.1, 0.15) is 0 Å². The fourth-order valence-corrected chi connectivity index (χ4v) is 6.18. The second kappa shape index (κ2) is 6.77. The van der Waals surface area contributed by atoms with Crippen LogP contribution in [0.5, 0.6) is 0 Å². The number of hydrogen-bond acceptors (Lipinski definition) is 2. The maximum absolute atomic E-state index is 6.70. The van der Waals surface area contributed by atoms with Crippen molar-refractivity contribution in [2.75, 3.05) is 0 Å². The molecule has 0 unspecified atom stereocenters. The van der Waals surface area contributed by atoms with E-state index in [4.69, 9.17) is 19.6 Å². The van der Waals surface area contributed by atoms with Crippen LogP contribution in [0.4, 0.5) is 0 Å². The molecule has 32 heavy (non-hydrogen) atoms. The van der Waals surface area contributed by atoms with Crippen molar-refractivity contribution < 1.29 is 8.39 Å². The number of benzene rings is 6. The molecule has 0 N–H and O–H groups in total. The second-order valence-electron chi connectivity index (χ2n) is 7.99. The van der Waals surface area contributed by atoms with E-state index in [1.54, 1.807) is 0 Å². The Morgan fingerprint density at radius 1 is 0.406 bits per heavy atom. The number of rotatable bonds is 0. The lowest BCUT2D eigenvalue weighted by Gasteiger charge is -2.11. The maximum Gasteiger partial charge on any atom is 0.327 e. The molecule has 0 aliphatic carbocycles. The van der Waals surface area contributed by atoms with Crippen molar-refractivity contribution in [2.24, 2.45) is 0 Å². The minimum absolute atomic E-state index is 0.791. The Balaban J connectivity index is 1.98. The normalized spacial score (nSPS) is 11.9. The minimum Gasteiger partial charge on any atom is -0.407 e. The van der Waals surface area contributed by atoms with E-state index in [2.05, 4.69) is 84.9 Å². The Morgan fingerprint density at radius 2 is 0.688 bits per heavy atom. The highest BCUT2D eigenvalue weighted by molar-refractivity contribution is 7.68. The van der Waals surface area contributed by atoms with Crippen molar-refractivity contribution in [3.63, 3.8) is 0 Å². The smallest absolute Gasteiger partial charge is 0.327 e. The molecule has 7 rings (SSSR count). The Kier molecular flexibility index (Phi) is 3.84. The fraction of sp³-hybridized carbons (Fsp3) is 0. The van der Waals surface area contributed by atoms with Gasteiger partial charge in [0, 0.05) is 32.8 Å². The van der Waals surface area contributed by atoms with Crippen molar-refractivity contribution in [1.82, 2.24) is 0 Å². The first-order valence-electron chi connectivity index (χ1n) is 10.5. The molecule has 152 valence electrons. The monoisotopic (exact) mass is 450 g/mol.